The average Bonchev–Trinajstić information content (AvgIpc) is 3.48. The number of piperazine rings is 1. The molecular formula is C34H32F2N6O5S. The fraction of sp³-hybridized carbons (Fsp3) is 0.235. The number of aromatic nitrogens is 2. The van der Waals surface area contributed by atoms with Crippen LogP contribution in [0, 0.1) is 5.82 Å². The van der Waals surface area contributed by atoms with Crippen molar-refractivity contribution in [2.24, 2.45) is 0 Å². The molecule has 1 aliphatic rings. The molecule has 248 valence electrons. The third-order valence-electron chi connectivity index (χ3n) is 8.15. The van der Waals surface area contributed by atoms with Gasteiger partial charge in [-0.05, 0) is 54.1 Å². The second kappa shape index (κ2) is 13.4. The van der Waals surface area contributed by atoms with Gasteiger partial charge < -0.3 is 19.5 Å². The van der Waals surface area contributed by atoms with Crippen molar-refractivity contribution in [3.8, 4) is 22.5 Å². The number of anilines is 2. The molecule has 0 spiro atoms. The second-order valence-electron chi connectivity index (χ2n) is 11.2. The lowest BCUT2D eigenvalue weighted by atomic mass is 9.97. The number of furan rings is 1. The van der Waals surface area contributed by atoms with Gasteiger partial charge in [0, 0.05) is 73.8 Å². The van der Waals surface area contributed by atoms with Gasteiger partial charge >= 0.3 is 0 Å². The van der Waals surface area contributed by atoms with Crippen molar-refractivity contribution in [2.75, 3.05) is 61.9 Å². The van der Waals surface area contributed by atoms with Crippen LogP contribution in [0.3, 0.4) is 0 Å². The maximum absolute atomic E-state index is 13.8. The molecule has 1 N–H and O–H groups in total. The number of amides is 2. The largest absolute Gasteiger partial charge is 0.455 e. The van der Waals surface area contributed by atoms with Gasteiger partial charge in [-0.3, -0.25) is 13.9 Å². The summed E-state index contributed by atoms with van der Waals surface area (Å²) in [5.41, 5.74) is 2.00. The van der Waals surface area contributed by atoms with E-state index in [4.69, 9.17) is 4.42 Å². The van der Waals surface area contributed by atoms with Crippen molar-refractivity contribution in [1.82, 2.24) is 20.2 Å². The first-order valence-electron chi connectivity index (χ1n) is 15.1. The maximum Gasteiger partial charge on any atom is 0.255 e. The average molecular weight is 675 g/mol. The summed E-state index contributed by atoms with van der Waals surface area (Å²) in [6.45, 7) is 0.524. The molecule has 0 bridgehead atoms. The quantitative estimate of drug-likeness (QED) is 0.237. The van der Waals surface area contributed by atoms with Crippen molar-refractivity contribution in [3.63, 3.8) is 0 Å². The van der Waals surface area contributed by atoms with Gasteiger partial charge in [-0.1, -0.05) is 12.1 Å². The van der Waals surface area contributed by atoms with E-state index in [0.29, 0.717) is 59.8 Å². The molecule has 0 radical (unpaired) electrons. The normalized spacial score (nSPS) is 13.5. The lowest BCUT2D eigenvalue weighted by molar-refractivity contribution is 0.0746. The van der Waals surface area contributed by atoms with E-state index in [1.807, 2.05) is 4.90 Å². The standard InChI is InChI=1S/C34H32F2N6O5S/c1-37-32(43)30-27-20-26(23-5-3-6-24(19-23)33(44)40-15-17-41(18-16-40)34-38-12-4-13-39-34)28(42(14-11-35)48(2,45)46)21-29(27)47-31(30)22-7-9-25(36)10-8-22/h3-10,12-13,19-21H,11,14-18H2,1-2H3,(H,37,43). The number of hydrogen-bond acceptors (Lipinski definition) is 8. The Morgan fingerprint density at radius 1 is 0.958 bits per heavy atom. The second-order valence-corrected chi connectivity index (χ2v) is 13.1. The van der Waals surface area contributed by atoms with Crippen molar-refractivity contribution < 1.29 is 31.2 Å². The van der Waals surface area contributed by atoms with E-state index < -0.39 is 35.0 Å². The molecule has 0 aliphatic carbocycles. The predicted octanol–water partition coefficient (Wildman–Crippen LogP) is 4.75. The fourth-order valence-electron chi connectivity index (χ4n) is 5.83. The molecule has 14 heteroatoms. The molecule has 0 saturated carbocycles. The third-order valence-corrected chi connectivity index (χ3v) is 9.33. The van der Waals surface area contributed by atoms with Gasteiger partial charge in [0.1, 0.15) is 23.8 Å². The van der Waals surface area contributed by atoms with Gasteiger partial charge in [0.15, 0.2) is 0 Å². The zero-order valence-corrected chi connectivity index (χ0v) is 27.0. The molecule has 11 nitrogen and oxygen atoms in total. The molecule has 1 saturated heterocycles. The molecule has 3 heterocycles. The van der Waals surface area contributed by atoms with Crippen molar-refractivity contribution >= 4 is 44.4 Å². The maximum atomic E-state index is 13.8. The molecule has 1 aliphatic heterocycles. The number of nitrogens with zero attached hydrogens (tertiary/aromatic N) is 5. The zero-order chi connectivity index (χ0) is 34.0. The van der Waals surface area contributed by atoms with E-state index in [1.165, 1.54) is 37.4 Å². The van der Waals surface area contributed by atoms with Crippen molar-refractivity contribution in [2.45, 2.75) is 0 Å². The highest BCUT2D eigenvalue weighted by atomic mass is 32.2. The molecule has 5 aromatic rings. The van der Waals surface area contributed by atoms with Crippen molar-refractivity contribution in [1.29, 1.82) is 0 Å². The minimum atomic E-state index is -3.99. The third kappa shape index (κ3) is 6.43. The predicted molar refractivity (Wildman–Crippen MR) is 179 cm³/mol. The Kier molecular flexibility index (Phi) is 9.09. The Bertz CT molecular complexity index is 2080. The Balaban J connectivity index is 1.45. The van der Waals surface area contributed by atoms with Crippen LogP contribution in [-0.2, 0) is 10.0 Å². The van der Waals surface area contributed by atoms with E-state index in [2.05, 4.69) is 15.3 Å². The fourth-order valence-corrected chi connectivity index (χ4v) is 6.74. The lowest BCUT2D eigenvalue weighted by Crippen LogP contribution is -2.49. The number of benzene rings is 3. The Labute approximate surface area is 275 Å². The number of alkyl halides is 1. The molecule has 2 aromatic heterocycles. The number of rotatable bonds is 9. The van der Waals surface area contributed by atoms with E-state index in [-0.39, 0.29) is 28.5 Å². The van der Waals surface area contributed by atoms with Gasteiger partial charge in [0.25, 0.3) is 11.8 Å². The summed E-state index contributed by atoms with van der Waals surface area (Å²) in [6, 6.07) is 16.9. The summed E-state index contributed by atoms with van der Waals surface area (Å²) >= 11 is 0. The highest BCUT2D eigenvalue weighted by molar-refractivity contribution is 7.92. The summed E-state index contributed by atoms with van der Waals surface area (Å²) in [7, 11) is -2.53. The molecule has 6 rings (SSSR count). The first-order valence-corrected chi connectivity index (χ1v) is 17.0. The molecule has 3 aromatic carbocycles. The number of carbonyl (C=O) groups excluding carboxylic acids is 2. The van der Waals surface area contributed by atoms with Crippen LogP contribution in [0.4, 0.5) is 20.4 Å². The Morgan fingerprint density at radius 2 is 1.67 bits per heavy atom. The molecule has 2 amide bonds. The number of halogens is 2. The Hall–Kier alpha value is -5.37. The van der Waals surface area contributed by atoms with Crippen LogP contribution in [0.2, 0.25) is 0 Å². The van der Waals surface area contributed by atoms with Crippen LogP contribution in [0.15, 0.2) is 83.5 Å². The van der Waals surface area contributed by atoms with Gasteiger partial charge in [-0.15, -0.1) is 0 Å². The summed E-state index contributed by atoms with van der Waals surface area (Å²) in [6.07, 6.45) is 4.30. The minimum absolute atomic E-state index is 0.103. The molecule has 0 unspecified atom stereocenters. The van der Waals surface area contributed by atoms with Crippen LogP contribution < -0.4 is 14.5 Å². The van der Waals surface area contributed by atoms with E-state index in [1.54, 1.807) is 53.7 Å². The highest BCUT2D eigenvalue weighted by Crippen LogP contribution is 2.42. The number of sulfonamides is 1. The molecular weight excluding hydrogens is 642 g/mol. The monoisotopic (exact) mass is 674 g/mol. The van der Waals surface area contributed by atoms with Gasteiger partial charge in [0.2, 0.25) is 16.0 Å². The lowest BCUT2D eigenvalue weighted by Gasteiger charge is -2.34. The highest BCUT2D eigenvalue weighted by Gasteiger charge is 2.28. The van der Waals surface area contributed by atoms with E-state index >= 15 is 0 Å². The molecule has 48 heavy (non-hydrogen) atoms. The van der Waals surface area contributed by atoms with Crippen LogP contribution >= 0.6 is 0 Å². The summed E-state index contributed by atoms with van der Waals surface area (Å²) in [4.78, 5) is 39.3. The SMILES string of the molecule is CNC(=O)c1c(-c2ccc(F)cc2)oc2cc(N(CCF)S(C)(=O)=O)c(-c3cccc(C(=O)N4CCN(c5ncccn5)CC4)c3)cc12. The molecule has 1 fully saturated rings. The first-order chi connectivity index (χ1) is 23.1. The molecule has 0 atom stereocenters. The number of carbonyl (C=O) groups is 2. The van der Waals surface area contributed by atoms with E-state index in [0.717, 1.165) is 10.6 Å². The minimum Gasteiger partial charge on any atom is -0.455 e. The summed E-state index contributed by atoms with van der Waals surface area (Å²) < 4.78 is 60.6. The van der Waals surface area contributed by atoms with Gasteiger partial charge in [-0.25, -0.2) is 27.2 Å². The number of hydrogen-bond donors (Lipinski definition) is 1. The first kappa shape index (κ1) is 32.6. The van der Waals surface area contributed by atoms with Gasteiger partial charge in [-0.2, -0.15) is 0 Å². The topological polar surface area (TPSA) is 129 Å². The van der Waals surface area contributed by atoms with E-state index in [9.17, 15) is 26.8 Å². The van der Waals surface area contributed by atoms with Crippen LogP contribution in [0.5, 0.6) is 0 Å². The summed E-state index contributed by atoms with van der Waals surface area (Å²) in [5.74, 6) is -0.439. The smallest absolute Gasteiger partial charge is 0.255 e. The van der Waals surface area contributed by atoms with Crippen molar-refractivity contribution in [3.05, 3.63) is 96.1 Å². The van der Waals surface area contributed by atoms with Crippen LogP contribution in [-0.4, -0.2) is 87.8 Å². The van der Waals surface area contributed by atoms with Gasteiger partial charge in [0.05, 0.1) is 24.1 Å². The number of nitrogens with one attached hydrogen (secondary N) is 1. The summed E-state index contributed by atoms with van der Waals surface area (Å²) in [5, 5.41) is 2.95. The zero-order valence-electron chi connectivity index (χ0n) is 26.2. The van der Waals surface area contributed by atoms with Crippen LogP contribution in [0.25, 0.3) is 33.4 Å². The van der Waals surface area contributed by atoms with Crippen LogP contribution in [0.1, 0.15) is 20.7 Å². The Morgan fingerprint density at radius 3 is 2.31 bits per heavy atom. The number of fused-ring (bicyclic) bond motifs is 1.